The van der Waals surface area contributed by atoms with E-state index in [1.54, 1.807) is 0 Å². The fourth-order valence-electron chi connectivity index (χ4n) is 1.80. The fourth-order valence-corrected chi connectivity index (χ4v) is 2.87. The van der Waals surface area contributed by atoms with Crippen LogP contribution in [0.4, 0.5) is 0 Å². The summed E-state index contributed by atoms with van der Waals surface area (Å²) in [6.07, 6.45) is 5.24. The third-order valence-electron chi connectivity index (χ3n) is 2.95. The topological polar surface area (TPSA) is 86.5 Å². The Morgan fingerprint density at radius 3 is 2.52 bits per heavy atom. The van der Waals surface area contributed by atoms with Crippen molar-refractivity contribution in [3.8, 4) is 0 Å². The van der Waals surface area contributed by atoms with E-state index in [0.29, 0.717) is 6.61 Å². The van der Waals surface area contributed by atoms with E-state index >= 15 is 0 Å². The van der Waals surface area contributed by atoms with Gasteiger partial charge >= 0.3 is 5.97 Å². The molecule has 0 aromatic heterocycles. The van der Waals surface area contributed by atoms with E-state index in [4.69, 9.17) is 21.5 Å². The summed E-state index contributed by atoms with van der Waals surface area (Å²) in [6.45, 7) is 2.44. The number of benzene rings is 1. The summed E-state index contributed by atoms with van der Waals surface area (Å²) in [4.78, 5) is 11.5. The molecule has 0 bridgehead atoms. The van der Waals surface area contributed by atoms with Crippen LogP contribution >= 0.6 is 11.6 Å². The highest BCUT2D eigenvalue weighted by Crippen LogP contribution is 2.21. The lowest BCUT2D eigenvalue weighted by Gasteiger charge is -2.07. The number of hydrogen-bond donors (Lipinski definition) is 1. The molecule has 1 aromatic carbocycles. The molecule has 0 aliphatic rings. The van der Waals surface area contributed by atoms with Crippen LogP contribution in [0.2, 0.25) is 5.02 Å². The average Bonchev–Trinajstić information content (AvgIpc) is 2.41. The maximum Gasteiger partial charge on any atom is 0.338 e. The number of halogens is 1. The van der Waals surface area contributed by atoms with Crippen molar-refractivity contribution in [2.75, 3.05) is 6.61 Å². The van der Waals surface area contributed by atoms with E-state index in [9.17, 15) is 13.2 Å². The lowest BCUT2D eigenvalue weighted by Crippen LogP contribution is -2.14. The summed E-state index contributed by atoms with van der Waals surface area (Å²) in [5, 5.41) is 5.01. The maximum absolute atomic E-state index is 11.8. The summed E-state index contributed by atoms with van der Waals surface area (Å²) >= 11 is 5.75. The third kappa shape index (κ3) is 6.03. The van der Waals surface area contributed by atoms with Crippen LogP contribution in [0.1, 0.15) is 49.4 Å². The van der Waals surface area contributed by atoms with Crippen LogP contribution in [-0.4, -0.2) is 21.0 Å². The maximum atomic E-state index is 11.8. The van der Waals surface area contributed by atoms with E-state index in [2.05, 4.69) is 6.92 Å². The Kier molecular flexibility index (Phi) is 7.14. The first-order chi connectivity index (χ1) is 9.86. The normalized spacial score (nSPS) is 11.4. The summed E-state index contributed by atoms with van der Waals surface area (Å²) in [5.74, 6) is -0.577. The minimum atomic E-state index is -3.96. The zero-order chi connectivity index (χ0) is 15.9. The molecule has 0 unspecified atom stereocenters. The minimum Gasteiger partial charge on any atom is -0.462 e. The highest BCUT2D eigenvalue weighted by atomic mass is 35.5. The molecule has 0 heterocycles. The first-order valence-electron chi connectivity index (χ1n) is 6.85. The SMILES string of the molecule is CCCCCCCOC(=O)c1ccc(Cl)c(S(N)(=O)=O)c1. The lowest BCUT2D eigenvalue weighted by molar-refractivity contribution is 0.0497. The summed E-state index contributed by atoms with van der Waals surface area (Å²) in [7, 11) is -3.96. The van der Waals surface area contributed by atoms with Gasteiger partial charge in [0.2, 0.25) is 10.0 Å². The molecule has 0 amide bonds. The van der Waals surface area contributed by atoms with Crippen LogP contribution in [0.25, 0.3) is 0 Å². The molecule has 0 fully saturated rings. The Morgan fingerprint density at radius 2 is 1.90 bits per heavy atom. The summed E-state index contributed by atoms with van der Waals surface area (Å²) in [6, 6.07) is 3.87. The molecule has 0 aliphatic carbocycles. The average molecular weight is 334 g/mol. The van der Waals surface area contributed by atoms with Crippen LogP contribution < -0.4 is 5.14 Å². The van der Waals surface area contributed by atoms with Crippen LogP contribution in [0.3, 0.4) is 0 Å². The predicted octanol–water partition coefficient (Wildman–Crippen LogP) is 3.11. The molecule has 5 nitrogen and oxygen atoms in total. The minimum absolute atomic E-state index is 0.0198. The second-order valence-electron chi connectivity index (χ2n) is 4.74. The van der Waals surface area contributed by atoms with Crippen LogP contribution in [0.5, 0.6) is 0 Å². The van der Waals surface area contributed by atoms with Gasteiger partial charge in [-0.3, -0.25) is 0 Å². The fraction of sp³-hybridized carbons (Fsp3) is 0.500. The quantitative estimate of drug-likeness (QED) is 0.585. The number of unbranched alkanes of at least 4 members (excludes halogenated alkanes) is 4. The van der Waals surface area contributed by atoms with Gasteiger partial charge in [-0.05, 0) is 24.6 Å². The smallest absolute Gasteiger partial charge is 0.338 e. The molecule has 0 atom stereocenters. The van der Waals surface area contributed by atoms with Gasteiger partial charge in [-0.15, -0.1) is 0 Å². The zero-order valence-electron chi connectivity index (χ0n) is 12.0. The Labute approximate surface area is 130 Å². The molecule has 1 aromatic rings. The predicted molar refractivity (Wildman–Crippen MR) is 81.9 cm³/mol. The molecule has 118 valence electrons. The standard InChI is InChI=1S/C14H20ClNO4S/c1-2-3-4-5-6-9-20-14(17)11-7-8-12(15)13(10-11)21(16,18)19/h7-8,10H,2-6,9H2,1H3,(H2,16,18,19). The second kappa shape index (κ2) is 8.36. The van der Waals surface area contributed by atoms with Crippen molar-refractivity contribution in [1.29, 1.82) is 0 Å². The number of sulfonamides is 1. The molecule has 0 saturated carbocycles. The van der Waals surface area contributed by atoms with Gasteiger partial charge in [-0.2, -0.15) is 0 Å². The molecule has 0 radical (unpaired) electrons. The van der Waals surface area contributed by atoms with Crippen molar-refractivity contribution >= 4 is 27.6 Å². The number of ether oxygens (including phenoxy) is 1. The van der Waals surface area contributed by atoms with E-state index < -0.39 is 16.0 Å². The van der Waals surface area contributed by atoms with Gasteiger partial charge in [-0.25, -0.2) is 18.4 Å². The molecule has 0 spiro atoms. The Morgan fingerprint density at radius 1 is 1.24 bits per heavy atom. The van der Waals surface area contributed by atoms with Gasteiger partial charge in [0.15, 0.2) is 0 Å². The van der Waals surface area contributed by atoms with E-state index in [0.717, 1.165) is 31.7 Å². The monoisotopic (exact) mass is 333 g/mol. The number of nitrogens with two attached hydrogens (primary N) is 1. The highest BCUT2D eigenvalue weighted by Gasteiger charge is 2.17. The highest BCUT2D eigenvalue weighted by molar-refractivity contribution is 7.89. The van der Waals surface area contributed by atoms with Crippen molar-refractivity contribution in [3.63, 3.8) is 0 Å². The van der Waals surface area contributed by atoms with Crippen molar-refractivity contribution < 1.29 is 17.9 Å². The largest absolute Gasteiger partial charge is 0.462 e. The number of carbonyl (C=O) groups is 1. The first-order valence-corrected chi connectivity index (χ1v) is 8.78. The van der Waals surface area contributed by atoms with Crippen molar-refractivity contribution in [2.45, 2.75) is 43.9 Å². The molecule has 1 rings (SSSR count). The van der Waals surface area contributed by atoms with Gasteiger partial charge in [-0.1, -0.05) is 44.2 Å². The molecule has 2 N–H and O–H groups in total. The number of rotatable bonds is 8. The van der Waals surface area contributed by atoms with E-state index in [1.807, 2.05) is 0 Å². The zero-order valence-corrected chi connectivity index (χ0v) is 13.5. The van der Waals surface area contributed by atoms with Gasteiger partial charge in [0.1, 0.15) is 4.90 Å². The molecule has 0 aliphatic heterocycles. The molecular weight excluding hydrogens is 314 g/mol. The van der Waals surface area contributed by atoms with Crippen LogP contribution in [0.15, 0.2) is 23.1 Å². The van der Waals surface area contributed by atoms with Crippen LogP contribution in [-0.2, 0) is 14.8 Å². The van der Waals surface area contributed by atoms with Crippen molar-refractivity contribution in [3.05, 3.63) is 28.8 Å². The third-order valence-corrected chi connectivity index (χ3v) is 4.35. The Hall–Kier alpha value is -1.11. The number of primary sulfonamides is 1. The molecule has 21 heavy (non-hydrogen) atoms. The Bertz CT molecular complexity index is 587. The van der Waals surface area contributed by atoms with E-state index in [-0.39, 0.29) is 15.5 Å². The molecular formula is C14H20ClNO4S. The van der Waals surface area contributed by atoms with Gasteiger partial charge in [0, 0.05) is 0 Å². The second-order valence-corrected chi connectivity index (χ2v) is 6.68. The lowest BCUT2D eigenvalue weighted by atomic mass is 10.2. The summed E-state index contributed by atoms with van der Waals surface area (Å²) in [5.41, 5.74) is 0.122. The number of esters is 1. The Balaban J connectivity index is 2.59. The summed E-state index contributed by atoms with van der Waals surface area (Å²) < 4.78 is 27.8. The number of carbonyl (C=O) groups excluding carboxylic acids is 1. The molecule has 0 saturated heterocycles. The van der Waals surface area contributed by atoms with Crippen molar-refractivity contribution in [2.24, 2.45) is 5.14 Å². The van der Waals surface area contributed by atoms with E-state index in [1.165, 1.54) is 18.6 Å². The first kappa shape index (κ1) is 17.9. The van der Waals surface area contributed by atoms with Crippen LogP contribution in [0, 0.1) is 0 Å². The van der Waals surface area contributed by atoms with Gasteiger partial charge < -0.3 is 4.74 Å². The van der Waals surface area contributed by atoms with Crippen molar-refractivity contribution in [1.82, 2.24) is 0 Å². The van der Waals surface area contributed by atoms with Gasteiger partial charge in [0.25, 0.3) is 0 Å². The number of hydrogen-bond acceptors (Lipinski definition) is 4. The van der Waals surface area contributed by atoms with Gasteiger partial charge in [0.05, 0.1) is 17.2 Å². The molecule has 7 heteroatoms.